The summed E-state index contributed by atoms with van der Waals surface area (Å²) in [5.74, 6) is 0. The van der Waals surface area contributed by atoms with Crippen LogP contribution in [0, 0.1) is 6.79 Å². The predicted octanol–water partition coefficient (Wildman–Crippen LogP) is -2.83. The van der Waals surface area contributed by atoms with E-state index in [1.165, 1.54) is 6.79 Å². The second-order valence-electron chi connectivity index (χ2n) is 1.19. The summed E-state index contributed by atoms with van der Waals surface area (Å²) in [6.45, 7) is 3.03. The first-order valence-corrected chi connectivity index (χ1v) is 2.05. The number of hydrogen-bond acceptors (Lipinski definition) is 2. The van der Waals surface area contributed by atoms with Crippen molar-refractivity contribution in [1.82, 2.24) is 0 Å². The van der Waals surface area contributed by atoms with Crippen molar-refractivity contribution in [2.75, 3.05) is 13.2 Å². The molecule has 1 aliphatic heterocycles. The Morgan fingerprint density at radius 3 is 1.75 bits per heavy atom. The second-order valence-corrected chi connectivity index (χ2v) is 1.19. The van der Waals surface area contributed by atoms with Crippen LogP contribution in [-0.2, 0) is 9.47 Å². The molecule has 0 amide bonds. The molecule has 0 aromatic heterocycles. The molecule has 1 heterocycles. The van der Waals surface area contributed by atoms with E-state index in [9.17, 15) is 0 Å². The van der Waals surface area contributed by atoms with Gasteiger partial charge >= 0.3 is 23.1 Å². The van der Waals surface area contributed by atoms with Gasteiger partial charge in [0.2, 0.25) is 0 Å². The first-order chi connectivity index (χ1) is 3.00. The van der Waals surface area contributed by atoms with E-state index >= 15 is 0 Å². The maximum atomic E-state index is 4.72. The van der Waals surface area contributed by atoms with E-state index in [4.69, 9.17) is 9.47 Å². The molecule has 0 N–H and O–H groups in total. The van der Waals surface area contributed by atoms with Crippen molar-refractivity contribution in [3.8, 4) is 0 Å². The van der Waals surface area contributed by atoms with Gasteiger partial charge in [-0.15, -0.1) is 0 Å². The van der Waals surface area contributed by atoms with Crippen LogP contribution in [0.5, 0.6) is 0 Å². The van der Waals surface area contributed by atoms with Crippen LogP contribution >= 0.6 is 0 Å². The van der Waals surface area contributed by atoms with Crippen molar-refractivity contribution >= 4 is 23.1 Å². The molecule has 1 rings (SSSR count). The van der Waals surface area contributed by atoms with Crippen molar-refractivity contribution in [2.45, 2.75) is 6.42 Å². The van der Waals surface area contributed by atoms with Gasteiger partial charge in [-0.2, -0.15) is 0 Å². The van der Waals surface area contributed by atoms with E-state index in [0.29, 0.717) is 0 Å². The fourth-order valence-electron chi connectivity index (χ4n) is 0.370. The number of hydrogen-bond donors (Lipinski definition) is 0. The molecular weight excluding hydrogens is 184 g/mol. The van der Waals surface area contributed by atoms with Gasteiger partial charge in [-0.3, -0.25) is 0 Å². The maximum Gasteiger partial charge on any atom is 2.00 e. The molecule has 0 spiro atoms. The van der Waals surface area contributed by atoms with E-state index in [1.54, 1.807) is 0 Å². The van der Waals surface area contributed by atoms with Gasteiger partial charge in [-0.1, -0.05) is 6.79 Å². The summed E-state index contributed by atoms with van der Waals surface area (Å²) in [4.78, 5) is 0. The van der Waals surface area contributed by atoms with E-state index in [1.807, 2.05) is 0 Å². The summed E-state index contributed by atoms with van der Waals surface area (Å²) < 4.78 is 9.44. The first-order valence-electron chi connectivity index (χ1n) is 2.05. The number of halogens is 1. The summed E-state index contributed by atoms with van der Waals surface area (Å²) in [6.07, 6.45) is 1.02. The molecule has 0 aromatic rings. The third-order valence-corrected chi connectivity index (χ3v) is 0.660. The van der Waals surface area contributed by atoms with E-state index in [2.05, 4.69) is 0 Å². The summed E-state index contributed by atoms with van der Waals surface area (Å²) >= 11 is 0. The fourth-order valence-corrected chi connectivity index (χ4v) is 0.370. The van der Waals surface area contributed by atoms with Crippen molar-refractivity contribution in [3.63, 3.8) is 0 Å². The Bertz CT molecular complexity index is 29.5. The van der Waals surface area contributed by atoms with Gasteiger partial charge in [0, 0.05) is 13.2 Å². The van der Waals surface area contributed by atoms with E-state index in [0.717, 1.165) is 19.6 Å². The molecule has 0 atom stereocenters. The van der Waals surface area contributed by atoms with Gasteiger partial charge in [-0.05, 0) is 6.42 Å². The molecule has 0 unspecified atom stereocenters. The van der Waals surface area contributed by atoms with Crippen molar-refractivity contribution in [1.29, 1.82) is 0 Å². The Kier molecular flexibility index (Phi) is 12.2. The van der Waals surface area contributed by atoms with Crippen molar-refractivity contribution < 1.29 is 26.5 Å². The molecule has 2 nitrogen and oxygen atoms in total. The zero-order valence-electron chi connectivity index (χ0n) is 4.60. The molecule has 1 fully saturated rings. The first kappa shape index (κ1) is 11.9. The normalized spacial score (nSPS) is 18.0. The number of rotatable bonds is 0. The third-order valence-electron chi connectivity index (χ3n) is 0.660. The minimum atomic E-state index is 0. The average Bonchev–Trinajstić information content (AvgIpc) is 1.72. The molecule has 1 aliphatic rings. The van der Waals surface area contributed by atoms with Crippen LogP contribution in [0.1, 0.15) is 6.42 Å². The topological polar surface area (TPSA) is 18.5 Å². The smallest absolute Gasteiger partial charge is 1.00 e. The Labute approximate surface area is 75.8 Å². The molecule has 0 aliphatic carbocycles. The minimum Gasteiger partial charge on any atom is -1.00 e. The Balaban J connectivity index is 0. The van der Waals surface area contributed by atoms with Crippen LogP contribution in [0.25, 0.3) is 0 Å². The molecule has 0 saturated carbocycles. The number of ether oxygens (including phenoxy) is 2. The molecule has 44 valence electrons. The van der Waals surface area contributed by atoms with Crippen LogP contribution in [0.15, 0.2) is 0 Å². The summed E-state index contributed by atoms with van der Waals surface area (Å²) in [5.41, 5.74) is 0. The Morgan fingerprint density at radius 1 is 1.12 bits per heavy atom. The van der Waals surface area contributed by atoms with Crippen molar-refractivity contribution in [2.24, 2.45) is 0 Å². The molecule has 8 heavy (non-hydrogen) atoms. The molecule has 0 radical (unpaired) electrons. The monoisotopic (exact) mass is 190 g/mol. The molecule has 0 bridgehead atoms. The zero-order valence-corrected chi connectivity index (χ0v) is 7.60. The Hall–Kier alpha value is 1.17. The minimum absolute atomic E-state index is 0. The van der Waals surface area contributed by atoms with Gasteiger partial charge < -0.3 is 26.5 Å². The SMILES string of the molecule is [Br-].[CH-]1OCCCO1.[Mg+2]. The van der Waals surface area contributed by atoms with Gasteiger partial charge in [0.25, 0.3) is 0 Å². The summed E-state index contributed by atoms with van der Waals surface area (Å²) in [7, 11) is 0. The van der Waals surface area contributed by atoms with Crippen LogP contribution < -0.4 is 17.0 Å². The molecule has 1 saturated heterocycles. The quantitative estimate of drug-likeness (QED) is 0.303. The predicted molar refractivity (Wildman–Crippen MR) is 26.6 cm³/mol. The standard InChI is InChI=1S/C4H7O2.BrH.Mg/c1-2-5-4-6-3-1;;/h4H,1-3H2;1H;/q-1;;+2/p-1. The van der Waals surface area contributed by atoms with Gasteiger partial charge in [0.1, 0.15) is 0 Å². The van der Waals surface area contributed by atoms with Gasteiger partial charge in [0.05, 0.1) is 0 Å². The summed E-state index contributed by atoms with van der Waals surface area (Å²) in [6, 6.07) is 0. The molecule has 4 heteroatoms. The fraction of sp³-hybridized carbons (Fsp3) is 0.750. The molecule has 0 aromatic carbocycles. The maximum absolute atomic E-state index is 4.72. The zero-order chi connectivity index (χ0) is 4.24. The van der Waals surface area contributed by atoms with Gasteiger partial charge in [-0.25, -0.2) is 0 Å². The largest absolute Gasteiger partial charge is 2.00 e. The second kappa shape index (κ2) is 8.17. The third kappa shape index (κ3) is 5.31. The van der Waals surface area contributed by atoms with E-state index in [-0.39, 0.29) is 40.0 Å². The molecular formula is C4H7BrMgO2. The van der Waals surface area contributed by atoms with Crippen LogP contribution in [0.2, 0.25) is 0 Å². The van der Waals surface area contributed by atoms with E-state index < -0.39 is 0 Å². The van der Waals surface area contributed by atoms with Gasteiger partial charge in [0.15, 0.2) is 0 Å². The van der Waals surface area contributed by atoms with Crippen LogP contribution in [-0.4, -0.2) is 36.3 Å². The average molecular weight is 191 g/mol. The summed E-state index contributed by atoms with van der Waals surface area (Å²) in [5, 5.41) is 0. The Morgan fingerprint density at radius 2 is 1.62 bits per heavy atom. The van der Waals surface area contributed by atoms with Crippen molar-refractivity contribution in [3.05, 3.63) is 6.79 Å². The van der Waals surface area contributed by atoms with Crippen LogP contribution in [0.3, 0.4) is 0 Å². The van der Waals surface area contributed by atoms with Crippen LogP contribution in [0.4, 0.5) is 0 Å².